The smallest absolute Gasteiger partial charge is 0.333 e. The first-order chi connectivity index (χ1) is 15.1. The van der Waals surface area contributed by atoms with Gasteiger partial charge in [0.1, 0.15) is 12.2 Å². The number of hydrogen-bond donors (Lipinski definition) is 1. The van der Waals surface area contributed by atoms with E-state index < -0.39 is 28.8 Å². The lowest BCUT2D eigenvalue weighted by molar-refractivity contribution is -0.176. The van der Waals surface area contributed by atoms with Gasteiger partial charge < -0.3 is 18.4 Å². The number of likely N-dealkylation sites (N-methyl/N-ethyl adjacent to an activating group) is 1. The summed E-state index contributed by atoms with van der Waals surface area (Å²) in [5.41, 5.74) is 2.43. The van der Waals surface area contributed by atoms with E-state index in [1.165, 1.54) is 19.3 Å². The standard InChI is InChI=1S/C11H25NO3Si.C10H22O3Si.C2H7NO.ClH.2H2S/c1-9(10(13)12(5)14-6)15-16(7,8)11(2,3)4;1-8(9(11)12-5)13-14(6,7)10(2,3)4;1-3-4-2;;;/h9H,1-8H3;8H,1-7H3;3H,1-2H3;1H;2*1H2/t9-;8-;;;;/m00..../s1. The number of hydrogen-bond acceptors (Lipinski definition) is 8. The number of amides is 1. The van der Waals surface area contributed by atoms with Gasteiger partial charge in [-0.1, -0.05) is 41.5 Å². The van der Waals surface area contributed by atoms with Gasteiger partial charge in [-0.2, -0.15) is 27.0 Å². The molecule has 0 radical (unpaired) electrons. The number of nitrogens with zero attached hydrogens (tertiary/aromatic N) is 1. The minimum Gasteiger partial charge on any atom is -0.467 e. The van der Waals surface area contributed by atoms with Gasteiger partial charge in [0, 0.05) is 14.1 Å². The topological polar surface area (TPSA) is 95.6 Å². The number of methoxy groups -OCH3 is 1. The molecule has 0 spiro atoms. The van der Waals surface area contributed by atoms with Crippen molar-refractivity contribution >= 4 is 67.9 Å². The molecule has 0 unspecified atom stereocenters. The third-order valence-electron chi connectivity index (χ3n) is 6.22. The zero-order valence-electron chi connectivity index (χ0n) is 26.4. The van der Waals surface area contributed by atoms with Crippen LogP contribution in [0.3, 0.4) is 0 Å². The van der Waals surface area contributed by atoms with E-state index in [1.807, 2.05) is 0 Å². The Bertz CT molecular complexity index is 605. The fraction of sp³-hybridized carbons (Fsp3) is 0.913. The Morgan fingerprint density at radius 3 is 1.30 bits per heavy atom. The van der Waals surface area contributed by atoms with Crippen LogP contribution in [-0.4, -0.2) is 81.2 Å². The van der Waals surface area contributed by atoms with Gasteiger partial charge in [-0.25, -0.2) is 15.3 Å². The predicted molar refractivity (Wildman–Crippen MR) is 171 cm³/mol. The number of halogens is 1. The Morgan fingerprint density at radius 1 is 0.784 bits per heavy atom. The number of ether oxygens (including phenoxy) is 1. The number of hydroxylamine groups is 3. The van der Waals surface area contributed by atoms with Gasteiger partial charge in [0.05, 0.1) is 21.3 Å². The molecule has 0 aliphatic rings. The highest BCUT2D eigenvalue weighted by molar-refractivity contribution is 7.59. The number of carbonyl (C=O) groups is 2. The Labute approximate surface area is 249 Å². The van der Waals surface area contributed by atoms with Crippen molar-refractivity contribution in [2.24, 2.45) is 0 Å². The van der Waals surface area contributed by atoms with E-state index >= 15 is 0 Å². The highest BCUT2D eigenvalue weighted by atomic mass is 35.5. The normalized spacial score (nSPS) is 12.9. The van der Waals surface area contributed by atoms with Gasteiger partial charge in [0.2, 0.25) is 0 Å². The highest BCUT2D eigenvalue weighted by Gasteiger charge is 2.40. The zero-order chi connectivity index (χ0) is 28.1. The SMILES string of the molecule is CNOC.COC(=O)[C@H](C)O[Si](C)(C)C(C)(C)C.CON(C)C(=O)[C@H](C)O[Si](C)(C)C(C)(C)C.Cl.S.S. The molecule has 0 heterocycles. The summed E-state index contributed by atoms with van der Waals surface area (Å²) in [6, 6.07) is 0. The molecule has 0 aromatic heterocycles. The second-order valence-electron chi connectivity index (χ2n) is 11.0. The van der Waals surface area contributed by atoms with Crippen LogP contribution in [0.4, 0.5) is 0 Å². The average Bonchev–Trinajstić information content (AvgIpc) is 2.70. The van der Waals surface area contributed by atoms with Crippen molar-refractivity contribution in [2.45, 2.75) is 104 Å². The van der Waals surface area contributed by atoms with Crippen molar-refractivity contribution in [3.63, 3.8) is 0 Å². The lowest BCUT2D eigenvalue weighted by Gasteiger charge is -2.38. The molecule has 0 aromatic rings. The Balaban J connectivity index is -0.000000106. The first-order valence-corrected chi connectivity index (χ1v) is 17.3. The molecule has 14 heteroatoms. The highest BCUT2D eigenvalue weighted by Crippen LogP contribution is 2.38. The largest absolute Gasteiger partial charge is 0.467 e. The molecule has 1 amide bonds. The second-order valence-corrected chi connectivity index (χ2v) is 20.5. The van der Waals surface area contributed by atoms with Crippen molar-refractivity contribution in [2.75, 3.05) is 35.4 Å². The summed E-state index contributed by atoms with van der Waals surface area (Å²) < 4.78 is 16.4. The van der Waals surface area contributed by atoms with E-state index in [1.54, 1.807) is 35.1 Å². The Morgan fingerprint density at radius 2 is 1.08 bits per heavy atom. The van der Waals surface area contributed by atoms with Gasteiger partial charge in [0.25, 0.3) is 5.91 Å². The first kappa shape index (κ1) is 50.0. The van der Waals surface area contributed by atoms with Crippen molar-refractivity contribution in [3.8, 4) is 0 Å². The third-order valence-corrected chi connectivity index (χ3v) is 15.3. The zero-order valence-corrected chi connectivity index (χ0v) is 31.2. The molecule has 0 aliphatic heterocycles. The van der Waals surface area contributed by atoms with Gasteiger partial charge in [-0.15, -0.1) is 12.4 Å². The van der Waals surface area contributed by atoms with Crippen molar-refractivity contribution < 1.29 is 32.9 Å². The van der Waals surface area contributed by atoms with Crippen LogP contribution < -0.4 is 5.48 Å². The maximum atomic E-state index is 11.8. The third kappa shape index (κ3) is 20.7. The predicted octanol–water partition coefficient (Wildman–Crippen LogP) is 5.40. The minimum absolute atomic E-state index is 0. The van der Waals surface area contributed by atoms with Crippen LogP contribution in [0.2, 0.25) is 36.3 Å². The molecule has 0 rings (SSSR count). The lowest BCUT2D eigenvalue weighted by Crippen LogP contribution is -2.47. The van der Waals surface area contributed by atoms with Crippen LogP contribution >= 0.6 is 39.4 Å². The molecule has 0 aromatic carbocycles. The molecular formula is C23H59ClN2O7S2Si2. The number of carbonyl (C=O) groups excluding carboxylic acids is 2. The average molecular weight is 631 g/mol. The van der Waals surface area contributed by atoms with E-state index in [0.717, 1.165) is 0 Å². The minimum atomic E-state index is -1.89. The molecular weight excluding hydrogens is 572 g/mol. The number of rotatable bonds is 8. The molecule has 2 atom stereocenters. The summed E-state index contributed by atoms with van der Waals surface area (Å²) in [5, 5.41) is 1.43. The molecule has 0 saturated heterocycles. The van der Waals surface area contributed by atoms with Gasteiger partial charge in [-0.05, 0) is 50.1 Å². The Kier molecular flexibility index (Phi) is 29.7. The van der Waals surface area contributed by atoms with E-state index in [-0.39, 0.29) is 61.4 Å². The van der Waals surface area contributed by atoms with Crippen LogP contribution in [-0.2, 0) is 32.9 Å². The van der Waals surface area contributed by atoms with Gasteiger partial charge >= 0.3 is 5.97 Å². The van der Waals surface area contributed by atoms with Gasteiger partial charge in [-0.3, -0.25) is 9.63 Å². The molecule has 9 nitrogen and oxygen atoms in total. The Hall–Kier alpha value is 0.164. The van der Waals surface area contributed by atoms with E-state index in [2.05, 4.69) is 82.8 Å². The summed E-state index contributed by atoms with van der Waals surface area (Å²) in [7, 11) is 3.98. The van der Waals surface area contributed by atoms with E-state index in [9.17, 15) is 9.59 Å². The summed E-state index contributed by atoms with van der Waals surface area (Å²) >= 11 is 0. The van der Waals surface area contributed by atoms with Crippen molar-refractivity contribution in [1.82, 2.24) is 10.5 Å². The van der Waals surface area contributed by atoms with Crippen LogP contribution in [0, 0.1) is 0 Å². The number of esters is 1. The number of nitrogens with one attached hydrogen (secondary N) is 1. The summed E-state index contributed by atoms with van der Waals surface area (Å²) in [5.74, 6) is -0.442. The van der Waals surface area contributed by atoms with Crippen molar-refractivity contribution in [1.29, 1.82) is 0 Å². The molecule has 37 heavy (non-hydrogen) atoms. The molecule has 0 fully saturated rings. The fourth-order valence-corrected chi connectivity index (χ4v) is 4.52. The fourth-order valence-electron chi connectivity index (χ4n) is 1.85. The first-order valence-electron chi connectivity index (χ1n) is 11.5. The maximum absolute atomic E-state index is 11.8. The maximum Gasteiger partial charge on any atom is 0.333 e. The molecule has 1 N–H and O–H groups in total. The van der Waals surface area contributed by atoms with Crippen LogP contribution in [0.25, 0.3) is 0 Å². The lowest BCUT2D eigenvalue weighted by atomic mass is 10.2. The quantitative estimate of drug-likeness (QED) is 0.216. The van der Waals surface area contributed by atoms with Crippen molar-refractivity contribution in [3.05, 3.63) is 0 Å². The van der Waals surface area contributed by atoms with Gasteiger partial charge in [0.15, 0.2) is 16.6 Å². The second kappa shape index (κ2) is 21.9. The molecule has 0 aliphatic carbocycles. The molecule has 230 valence electrons. The molecule has 0 bridgehead atoms. The molecule has 0 saturated carbocycles. The van der Waals surface area contributed by atoms with E-state index in [4.69, 9.17) is 13.7 Å². The summed E-state index contributed by atoms with van der Waals surface area (Å²) in [4.78, 5) is 32.1. The van der Waals surface area contributed by atoms with Crippen LogP contribution in [0.15, 0.2) is 0 Å². The van der Waals surface area contributed by atoms with E-state index in [0.29, 0.717) is 0 Å². The summed E-state index contributed by atoms with van der Waals surface area (Å²) in [6.07, 6.45) is -0.910. The summed E-state index contributed by atoms with van der Waals surface area (Å²) in [6.45, 7) is 24.9. The van der Waals surface area contributed by atoms with Crippen LogP contribution in [0.1, 0.15) is 55.4 Å². The monoisotopic (exact) mass is 630 g/mol. The van der Waals surface area contributed by atoms with Crippen LogP contribution in [0.5, 0.6) is 0 Å².